The molecule has 0 aliphatic carbocycles. The first-order chi connectivity index (χ1) is 8.54. The first kappa shape index (κ1) is 13.4. The van der Waals surface area contributed by atoms with Crippen molar-refractivity contribution >= 4 is 29.1 Å². The van der Waals surface area contributed by atoms with Crippen molar-refractivity contribution in [2.45, 2.75) is 12.3 Å². The minimum Gasteiger partial charge on any atom is -0.339 e. The van der Waals surface area contributed by atoms with E-state index in [-0.39, 0.29) is 22.7 Å². The predicted molar refractivity (Wildman–Crippen MR) is 70.6 cm³/mol. The zero-order chi connectivity index (χ0) is 13.3. The molecule has 0 spiro atoms. The van der Waals surface area contributed by atoms with Crippen LogP contribution in [0.3, 0.4) is 0 Å². The molecule has 0 N–H and O–H groups in total. The molecule has 1 saturated heterocycles. The van der Waals surface area contributed by atoms with Crippen LogP contribution in [0.15, 0.2) is 24.8 Å². The lowest BCUT2D eigenvalue weighted by molar-refractivity contribution is -0.125. The molecule has 96 valence electrons. The van der Waals surface area contributed by atoms with Gasteiger partial charge in [-0.1, -0.05) is 29.8 Å². The van der Waals surface area contributed by atoms with Crippen LogP contribution < -0.4 is 0 Å². The van der Waals surface area contributed by atoms with E-state index in [1.54, 1.807) is 4.90 Å². The van der Waals surface area contributed by atoms with Crippen LogP contribution in [0.1, 0.15) is 17.9 Å². The Morgan fingerprint density at radius 3 is 2.89 bits per heavy atom. The summed E-state index contributed by atoms with van der Waals surface area (Å²) < 4.78 is 13.8. The van der Waals surface area contributed by atoms with Gasteiger partial charge in [-0.15, -0.1) is 0 Å². The van der Waals surface area contributed by atoms with E-state index in [0.29, 0.717) is 30.1 Å². The van der Waals surface area contributed by atoms with E-state index in [1.807, 2.05) is 0 Å². The lowest BCUT2D eigenvalue weighted by atomic mass is 9.98. The number of hydrogen-bond acceptors (Lipinski definition) is 1. The fourth-order valence-electron chi connectivity index (χ4n) is 2.24. The number of carbonyl (C=O) groups is 1. The quantitative estimate of drug-likeness (QED) is 0.601. The maximum absolute atomic E-state index is 13.8. The van der Waals surface area contributed by atoms with E-state index in [2.05, 4.69) is 6.58 Å². The summed E-state index contributed by atoms with van der Waals surface area (Å²) in [5.41, 5.74) is 0.406. The summed E-state index contributed by atoms with van der Waals surface area (Å²) in [5, 5.41) is 0.580. The zero-order valence-corrected chi connectivity index (χ0v) is 11.1. The Labute approximate surface area is 115 Å². The highest BCUT2D eigenvalue weighted by atomic mass is 35.5. The molecular formula is C13H12Cl2FNO. The van der Waals surface area contributed by atoms with E-state index >= 15 is 0 Å². The van der Waals surface area contributed by atoms with E-state index in [9.17, 15) is 9.18 Å². The van der Waals surface area contributed by atoms with Crippen molar-refractivity contribution in [2.24, 2.45) is 0 Å². The molecule has 18 heavy (non-hydrogen) atoms. The Morgan fingerprint density at radius 2 is 2.22 bits per heavy atom. The summed E-state index contributed by atoms with van der Waals surface area (Å²) in [6.45, 7) is 4.47. The Kier molecular flexibility index (Phi) is 3.93. The summed E-state index contributed by atoms with van der Waals surface area (Å²) in [5.74, 6) is -0.626. The van der Waals surface area contributed by atoms with Gasteiger partial charge < -0.3 is 4.90 Å². The molecule has 1 aromatic rings. The number of halogens is 3. The van der Waals surface area contributed by atoms with Gasteiger partial charge in [-0.2, -0.15) is 0 Å². The summed E-state index contributed by atoms with van der Waals surface area (Å²) in [6.07, 6.45) is 1.94. The second-order valence-corrected chi connectivity index (χ2v) is 5.02. The van der Waals surface area contributed by atoms with Gasteiger partial charge in [0.1, 0.15) is 5.82 Å². The fraction of sp³-hybridized carbons (Fsp3) is 0.308. The number of likely N-dealkylation sites (tertiary alicyclic amines) is 1. The second kappa shape index (κ2) is 5.29. The highest BCUT2D eigenvalue weighted by Gasteiger charge is 2.30. The van der Waals surface area contributed by atoms with Crippen LogP contribution >= 0.6 is 23.2 Å². The van der Waals surface area contributed by atoms with E-state index in [4.69, 9.17) is 23.2 Å². The SMILES string of the molecule is C=CC(=O)N1CC[C@H](c2c(F)ccc(Cl)c2Cl)C1. The van der Waals surface area contributed by atoms with Crippen LogP contribution in [0.25, 0.3) is 0 Å². The molecule has 1 atom stereocenters. The van der Waals surface area contributed by atoms with Gasteiger partial charge in [-0.3, -0.25) is 4.79 Å². The number of benzene rings is 1. The van der Waals surface area contributed by atoms with Crippen LogP contribution in [0.2, 0.25) is 10.0 Å². The molecule has 1 aliphatic rings. The highest BCUT2D eigenvalue weighted by molar-refractivity contribution is 6.42. The normalized spacial score (nSPS) is 19.1. The standard InChI is InChI=1S/C13H12Cl2FNO/c1-2-11(18)17-6-5-8(7-17)12-10(16)4-3-9(14)13(12)15/h2-4,8H,1,5-7H2/t8-/m0/s1. The Balaban J connectivity index is 2.27. The molecule has 1 fully saturated rings. The maximum atomic E-state index is 13.8. The van der Waals surface area contributed by atoms with Gasteiger partial charge in [-0.05, 0) is 24.6 Å². The smallest absolute Gasteiger partial charge is 0.245 e. The average molecular weight is 288 g/mol. The topological polar surface area (TPSA) is 20.3 Å². The van der Waals surface area contributed by atoms with Gasteiger partial charge in [0, 0.05) is 24.6 Å². The van der Waals surface area contributed by atoms with Crippen molar-refractivity contribution in [3.8, 4) is 0 Å². The van der Waals surface area contributed by atoms with Crippen LogP contribution in [0.4, 0.5) is 4.39 Å². The molecule has 1 aromatic carbocycles. The maximum Gasteiger partial charge on any atom is 0.245 e. The molecule has 2 rings (SSSR count). The van der Waals surface area contributed by atoms with Crippen molar-refractivity contribution in [3.05, 3.63) is 46.2 Å². The lowest BCUT2D eigenvalue weighted by Crippen LogP contribution is -2.26. The first-order valence-corrected chi connectivity index (χ1v) is 6.35. The van der Waals surface area contributed by atoms with Crippen LogP contribution in [0, 0.1) is 5.82 Å². The Morgan fingerprint density at radius 1 is 1.50 bits per heavy atom. The number of carbonyl (C=O) groups excluding carboxylic acids is 1. The number of amides is 1. The van der Waals surface area contributed by atoms with Gasteiger partial charge in [0.2, 0.25) is 5.91 Å². The fourth-order valence-corrected chi connectivity index (χ4v) is 2.71. The number of hydrogen-bond donors (Lipinski definition) is 0. The minimum absolute atomic E-state index is 0.111. The highest BCUT2D eigenvalue weighted by Crippen LogP contribution is 2.37. The predicted octanol–water partition coefficient (Wildman–Crippen LogP) is 3.63. The summed E-state index contributed by atoms with van der Waals surface area (Å²) in [6, 6.07) is 2.74. The van der Waals surface area contributed by atoms with Gasteiger partial charge in [0.05, 0.1) is 10.0 Å². The molecular weight excluding hydrogens is 276 g/mol. The molecule has 2 nitrogen and oxygen atoms in total. The van der Waals surface area contributed by atoms with Crippen molar-refractivity contribution in [2.75, 3.05) is 13.1 Å². The number of nitrogens with zero attached hydrogens (tertiary/aromatic N) is 1. The molecule has 1 amide bonds. The van der Waals surface area contributed by atoms with Crippen LogP contribution in [-0.2, 0) is 4.79 Å². The monoisotopic (exact) mass is 287 g/mol. The first-order valence-electron chi connectivity index (χ1n) is 5.59. The summed E-state index contributed by atoms with van der Waals surface area (Å²) >= 11 is 11.9. The van der Waals surface area contributed by atoms with Gasteiger partial charge in [0.15, 0.2) is 0 Å². The molecule has 0 bridgehead atoms. The molecule has 0 saturated carbocycles. The van der Waals surface area contributed by atoms with Crippen molar-refractivity contribution in [3.63, 3.8) is 0 Å². The molecule has 0 radical (unpaired) electrons. The lowest BCUT2D eigenvalue weighted by Gasteiger charge is -2.16. The third-order valence-corrected chi connectivity index (χ3v) is 3.98. The van der Waals surface area contributed by atoms with E-state index < -0.39 is 0 Å². The summed E-state index contributed by atoms with van der Waals surface area (Å²) in [4.78, 5) is 13.1. The average Bonchev–Trinajstić information content (AvgIpc) is 2.83. The van der Waals surface area contributed by atoms with E-state index in [1.165, 1.54) is 18.2 Å². The summed E-state index contributed by atoms with van der Waals surface area (Å²) in [7, 11) is 0. The molecule has 0 unspecified atom stereocenters. The molecule has 1 aliphatic heterocycles. The van der Waals surface area contributed by atoms with Crippen molar-refractivity contribution < 1.29 is 9.18 Å². The largest absolute Gasteiger partial charge is 0.339 e. The Bertz CT molecular complexity index is 504. The van der Waals surface area contributed by atoms with Gasteiger partial charge in [0.25, 0.3) is 0 Å². The third-order valence-electron chi connectivity index (χ3n) is 3.16. The Hall–Kier alpha value is -1.06. The minimum atomic E-state index is -0.373. The third kappa shape index (κ3) is 2.38. The van der Waals surface area contributed by atoms with Gasteiger partial charge in [-0.25, -0.2) is 4.39 Å². The van der Waals surface area contributed by atoms with Crippen molar-refractivity contribution in [1.82, 2.24) is 4.90 Å². The van der Waals surface area contributed by atoms with Gasteiger partial charge >= 0.3 is 0 Å². The van der Waals surface area contributed by atoms with E-state index in [0.717, 1.165) is 0 Å². The zero-order valence-electron chi connectivity index (χ0n) is 9.63. The van der Waals surface area contributed by atoms with Crippen molar-refractivity contribution in [1.29, 1.82) is 0 Å². The van der Waals surface area contributed by atoms with Crippen LogP contribution in [0.5, 0.6) is 0 Å². The second-order valence-electron chi connectivity index (χ2n) is 4.23. The molecule has 0 aromatic heterocycles. The van der Waals surface area contributed by atoms with Crippen LogP contribution in [-0.4, -0.2) is 23.9 Å². The molecule has 1 heterocycles. The molecule has 5 heteroatoms. The number of rotatable bonds is 2.